The second kappa shape index (κ2) is 42.1. The molecule has 0 bridgehead atoms. The molecule has 98 heavy (non-hydrogen) atoms. The summed E-state index contributed by atoms with van der Waals surface area (Å²) in [6.07, 6.45) is -0.180. The number of benzene rings is 2. The van der Waals surface area contributed by atoms with E-state index < -0.39 is 200 Å². The number of likely N-dealkylation sites (N-methyl/N-ethyl adjacent to an activating group) is 1. The van der Waals surface area contributed by atoms with Crippen LogP contribution in [0.3, 0.4) is 0 Å². The summed E-state index contributed by atoms with van der Waals surface area (Å²) >= 11 is 0. The van der Waals surface area contributed by atoms with Crippen LogP contribution in [0.4, 0.5) is 0 Å². The number of aliphatic hydroxyl groups is 1. The summed E-state index contributed by atoms with van der Waals surface area (Å²) in [7, 11) is 1.35. The first-order chi connectivity index (χ1) is 46.3. The van der Waals surface area contributed by atoms with E-state index in [1.807, 2.05) is 0 Å². The summed E-state index contributed by atoms with van der Waals surface area (Å²) in [5.74, 6) is -15.1. The Morgan fingerprint density at radius 2 is 1.08 bits per heavy atom. The van der Waals surface area contributed by atoms with Crippen LogP contribution in [0, 0.1) is 17.8 Å². The van der Waals surface area contributed by atoms with E-state index in [0.717, 1.165) is 5.56 Å². The van der Waals surface area contributed by atoms with Gasteiger partial charge in [0, 0.05) is 20.0 Å². The average molecular weight is 1380 g/mol. The van der Waals surface area contributed by atoms with Crippen LogP contribution < -0.4 is 81.0 Å². The van der Waals surface area contributed by atoms with Crippen LogP contribution in [0.25, 0.3) is 0 Å². The quantitative estimate of drug-likeness (QED) is 0.0278. The second-order valence-electron chi connectivity index (χ2n) is 24.9. The highest BCUT2D eigenvalue weighted by molar-refractivity contribution is 6.00. The van der Waals surface area contributed by atoms with Crippen molar-refractivity contribution in [2.45, 2.75) is 186 Å². The molecule has 20 N–H and O–H groups in total. The molecule has 1 fully saturated rings. The van der Waals surface area contributed by atoms with Gasteiger partial charge in [0.15, 0.2) is 0 Å². The molecule has 542 valence electrons. The van der Waals surface area contributed by atoms with Crippen LogP contribution in [-0.4, -0.2) is 210 Å². The van der Waals surface area contributed by atoms with Crippen LogP contribution in [0.15, 0.2) is 60.7 Å². The molecule has 33 nitrogen and oxygen atoms in total. The number of unbranched alkanes of at least 4 members (excludes halogenated alkanes) is 1. The molecule has 12 atom stereocenters. The number of primary amides is 1. The van der Waals surface area contributed by atoms with Crippen LogP contribution in [0.5, 0.6) is 0 Å². The van der Waals surface area contributed by atoms with Crippen LogP contribution in [0.2, 0.25) is 0 Å². The number of nitrogens with zero attached hydrogens (tertiary/aromatic N) is 1. The summed E-state index contributed by atoms with van der Waals surface area (Å²) in [6.45, 7) is 9.53. The molecule has 1 aliphatic rings. The number of amides is 14. The molecule has 3 rings (SSSR count). The Morgan fingerprint density at radius 3 is 1.64 bits per heavy atom. The van der Waals surface area contributed by atoms with Crippen molar-refractivity contribution < 1.29 is 82.1 Å². The lowest BCUT2D eigenvalue weighted by Crippen LogP contribution is -2.61. The molecule has 0 saturated carbocycles. The Balaban J connectivity index is 1.77. The average Bonchev–Trinajstić information content (AvgIpc) is 1.60. The number of nitrogens with two attached hydrogens (primary N) is 3. The van der Waals surface area contributed by atoms with Crippen molar-refractivity contribution in [1.29, 1.82) is 0 Å². The molecular weight excluding hydrogens is 1280 g/mol. The number of carboxylic acid groups (broad SMARTS) is 1. The number of aliphatic carboxylic acids is 1. The van der Waals surface area contributed by atoms with Crippen molar-refractivity contribution in [2.24, 2.45) is 35.0 Å². The van der Waals surface area contributed by atoms with E-state index in [4.69, 9.17) is 17.2 Å². The highest BCUT2D eigenvalue weighted by Crippen LogP contribution is 2.20. The Kier molecular flexibility index (Phi) is 35.5. The first kappa shape index (κ1) is 82.6. The molecule has 2 aromatic carbocycles. The number of carbonyl (C=O) groups excluding carboxylic acids is 14. The fourth-order valence-corrected chi connectivity index (χ4v) is 10.4. The van der Waals surface area contributed by atoms with Gasteiger partial charge in [0.25, 0.3) is 0 Å². The topological polar surface area (TPSA) is 522 Å². The van der Waals surface area contributed by atoms with Gasteiger partial charge in [0.1, 0.15) is 60.4 Å². The van der Waals surface area contributed by atoms with Gasteiger partial charge < -0.3 is 96.1 Å². The number of aliphatic hydroxyl groups excluding tert-OH is 1. The van der Waals surface area contributed by atoms with Gasteiger partial charge in [0.05, 0.1) is 38.6 Å². The van der Waals surface area contributed by atoms with Gasteiger partial charge in [-0.15, -0.1) is 0 Å². The van der Waals surface area contributed by atoms with Crippen LogP contribution in [0.1, 0.15) is 117 Å². The molecule has 33 heteroatoms. The highest BCUT2D eigenvalue weighted by Gasteiger charge is 2.41. The Bertz CT molecular complexity index is 3070. The zero-order valence-corrected chi connectivity index (χ0v) is 56.9. The van der Waals surface area contributed by atoms with Crippen molar-refractivity contribution in [1.82, 2.24) is 68.7 Å². The van der Waals surface area contributed by atoms with Crippen molar-refractivity contribution in [2.75, 3.05) is 39.8 Å². The predicted molar refractivity (Wildman–Crippen MR) is 356 cm³/mol. The number of carbonyl (C=O) groups is 15. The van der Waals surface area contributed by atoms with Crippen molar-refractivity contribution in [3.05, 3.63) is 71.8 Å². The molecule has 14 amide bonds. The summed E-state index contributed by atoms with van der Waals surface area (Å²) in [5, 5.41) is 49.6. The number of rotatable bonds is 42. The van der Waals surface area contributed by atoms with E-state index >= 15 is 0 Å². The molecule has 1 heterocycles. The van der Waals surface area contributed by atoms with Gasteiger partial charge in [-0.2, -0.15) is 0 Å². The molecule has 2 aromatic rings. The summed E-state index contributed by atoms with van der Waals surface area (Å²) < 4.78 is 0. The zero-order chi connectivity index (χ0) is 73.3. The number of likely N-dealkylation sites (tertiary alicyclic amines) is 1. The number of hydrogen-bond acceptors (Lipinski definition) is 18. The molecule has 1 aliphatic heterocycles. The minimum absolute atomic E-state index is 0.0310. The maximum atomic E-state index is 14.4. The molecule has 0 spiro atoms. The minimum Gasteiger partial charge on any atom is -0.481 e. The lowest BCUT2D eigenvalue weighted by Gasteiger charge is -2.30. The van der Waals surface area contributed by atoms with Crippen molar-refractivity contribution in [3.8, 4) is 0 Å². The molecular formula is C65H100N16O17. The van der Waals surface area contributed by atoms with E-state index in [1.54, 1.807) is 88.4 Å². The third-order valence-corrected chi connectivity index (χ3v) is 16.1. The number of carboxylic acids is 1. The van der Waals surface area contributed by atoms with E-state index in [1.165, 1.54) is 32.7 Å². The molecule has 1 saturated heterocycles. The first-order valence-corrected chi connectivity index (χ1v) is 32.8. The third-order valence-electron chi connectivity index (χ3n) is 16.1. The predicted octanol–water partition coefficient (Wildman–Crippen LogP) is -4.63. The maximum Gasteiger partial charge on any atom is 0.305 e. The molecule has 0 radical (unpaired) electrons. The third kappa shape index (κ3) is 28.2. The lowest BCUT2D eigenvalue weighted by atomic mass is 9.97. The number of hydrogen-bond donors (Lipinski definition) is 17. The van der Waals surface area contributed by atoms with E-state index in [9.17, 15) is 82.1 Å². The Labute approximate surface area is 569 Å². The van der Waals surface area contributed by atoms with E-state index in [-0.39, 0.29) is 51.1 Å². The van der Waals surface area contributed by atoms with Gasteiger partial charge >= 0.3 is 5.97 Å². The van der Waals surface area contributed by atoms with E-state index in [2.05, 4.69) is 63.8 Å². The van der Waals surface area contributed by atoms with Gasteiger partial charge in [-0.25, -0.2) is 0 Å². The van der Waals surface area contributed by atoms with Crippen LogP contribution in [-0.2, 0) is 84.8 Å². The van der Waals surface area contributed by atoms with Gasteiger partial charge in [0.2, 0.25) is 82.7 Å². The van der Waals surface area contributed by atoms with Gasteiger partial charge in [-0.05, 0) is 87.3 Å². The molecule has 0 aromatic heterocycles. The normalized spacial score (nSPS) is 16.0. The fourth-order valence-electron chi connectivity index (χ4n) is 10.4. The lowest BCUT2D eigenvalue weighted by molar-refractivity contribution is -0.143. The van der Waals surface area contributed by atoms with Gasteiger partial charge in [-0.1, -0.05) is 109 Å². The summed E-state index contributed by atoms with van der Waals surface area (Å²) in [4.78, 5) is 203. The second-order valence-corrected chi connectivity index (χ2v) is 24.9. The van der Waals surface area contributed by atoms with Gasteiger partial charge in [-0.3, -0.25) is 71.9 Å². The monoisotopic (exact) mass is 1380 g/mol. The molecule has 0 aliphatic carbocycles. The highest BCUT2D eigenvalue weighted by atomic mass is 16.4. The largest absolute Gasteiger partial charge is 0.481 e. The number of nitrogens with one attached hydrogen (secondary N) is 12. The van der Waals surface area contributed by atoms with Crippen molar-refractivity contribution in [3.63, 3.8) is 0 Å². The Hall–Kier alpha value is -9.63. The van der Waals surface area contributed by atoms with Crippen molar-refractivity contribution >= 4 is 88.7 Å². The van der Waals surface area contributed by atoms with E-state index in [0.29, 0.717) is 31.2 Å². The smallest absolute Gasteiger partial charge is 0.305 e. The Morgan fingerprint density at radius 1 is 0.561 bits per heavy atom. The zero-order valence-electron chi connectivity index (χ0n) is 56.9. The standard InChI is InChI=1S/C65H100N16O17/c1-9-37(6)54(64(97)73-42(23-16-17-25-66)57(90)75-43(27-35(2)3)59(92)78-47(34-82)56(89)70-32-50(84)69-8)79-51(85)33-71-63(96)53(36(4)5)80-61(94)46(31-52(86)87)76-60(93)44(29-40-21-14-11-15-22-40)77-62(95)48-24-18-26-81(48)65(98)38(7)72-58(91)45(30-49(68)83)74-55(88)41(67)28-39-19-12-10-13-20-39/h10-15,19-22,35-38,41-48,53-54,82H,9,16-18,23-34,66-67H2,1-8H3,(H2,68,83)(H,69,84)(H,70,89)(H,71,96)(H,72,91)(H,73,97)(H,74,88)(H,75,90)(H,76,93)(H,77,95)(H,78,92)(H,79,85)(H,80,94)(H,86,87)/t37-,38-,41-,42-,43-,44-,45-,46-,47-,48-,53-,54-/m0/s1. The van der Waals surface area contributed by atoms with Crippen LogP contribution >= 0.6 is 0 Å². The molecule has 0 unspecified atom stereocenters. The minimum atomic E-state index is -1.88. The maximum absolute atomic E-state index is 14.4. The fraction of sp³-hybridized carbons (Fsp3) is 0.585. The summed E-state index contributed by atoms with van der Waals surface area (Å²) in [5.41, 5.74) is 18.5. The SMILES string of the molecule is CC[C@H](C)[C@H](NC(=O)CNC(=O)[C@@H](NC(=O)[C@H](CC(=O)O)NC(=O)[C@H](Cc1ccccc1)NC(=O)[C@@H]1CCCN1C(=O)[C@H](C)NC(=O)[C@H](CC(N)=O)NC(=O)[C@@H](N)Cc1ccccc1)C(C)C)C(=O)N[C@@H](CCCCN)C(=O)N[C@@H](CC(C)C)C(=O)N[C@@H](CO)C(=O)NCC(=O)NC. The summed E-state index contributed by atoms with van der Waals surface area (Å²) in [6, 6.07) is 1.65. The first-order valence-electron chi connectivity index (χ1n) is 32.8.